The normalized spacial score (nSPS) is 14.6. The maximum atomic E-state index is 14.3. The number of anilines is 1. The van der Waals surface area contributed by atoms with E-state index < -0.39 is 11.4 Å². The van der Waals surface area contributed by atoms with E-state index in [9.17, 15) is 14.0 Å². The van der Waals surface area contributed by atoms with E-state index in [0.717, 1.165) is 11.3 Å². The van der Waals surface area contributed by atoms with Gasteiger partial charge in [-0.15, -0.1) is 5.10 Å². The average molecular weight is 485 g/mol. The van der Waals surface area contributed by atoms with E-state index in [1.807, 2.05) is 24.3 Å². The van der Waals surface area contributed by atoms with Crippen LogP contribution in [0.5, 0.6) is 5.75 Å². The van der Waals surface area contributed by atoms with Crippen LogP contribution in [0.25, 0.3) is 21.9 Å². The first kappa shape index (κ1) is 21.2. The lowest BCUT2D eigenvalue weighted by Crippen LogP contribution is -2.32. The number of methoxy groups -OCH3 is 1. The molecule has 0 unspecified atom stereocenters. The second-order valence-corrected chi connectivity index (χ2v) is 8.92. The number of hydrogen-bond donors (Lipinski definition) is 0. The smallest absolute Gasteiger partial charge is 0.291 e. The van der Waals surface area contributed by atoms with Crippen molar-refractivity contribution in [2.45, 2.75) is 6.54 Å². The second-order valence-electron chi connectivity index (χ2n) is 7.94. The lowest BCUT2D eigenvalue weighted by Gasteiger charge is -2.17. The van der Waals surface area contributed by atoms with Gasteiger partial charge in [-0.25, -0.2) is 4.39 Å². The fourth-order valence-corrected chi connectivity index (χ4v) is 5.28. The summed E-state index contributed by atoms with van der Waals surface area (Å²) in [6, 6.07) is 20.8. The molecule has 3 heterocycles. The van der Waals surface area contributed by atoms with Crippen molar-refractivity contribution in [1.82, 2.24) is 14.6 Å². The van der Waals surface area contributed by atoms with Crippen LogP contribution in [0, 0.1) is 5.82 Å². The lowest BCUT2D eigenvalue weighted by molar-refractivity contribution is -0.113. The molecule has 1 amide bonds. The Labute approximate surface area is 202 Å². The maximum absolute atomic E-state index is 14.3. The molecule has 0 saturated heterocycles. The van der Waals surface area contributed by atoms with E-state index in [4.69, 9.17) is 4.74 Å². The van der Waals surface area contributed by atoms with Gasteiger partial charge in [-0.3, -0.25) is 9.59 Å². The van der Waals surface area contributed by atoms with E-state index >= 15 is 0 Å². The van der Waals surface area contributed by atoms with Gasteiger partial charge in [0, 0.05) is 11.1 Å². The Morgan fingerprint density at radius 1 is 0.943 bits per heavy atom. The molecule has 5 aromatic rings. The molecule has 0 atom stereocenters. The number of carbonyl (C=O) groups excluding carboxylic acids is 1. The molecule has 7 nitrogen and oxygen atoms in total. The Morgan fingerprint density at radius 3 is 2.43 bits per heavy atom. The van der Waals surface area contributed by atoms with Gasteiger partial charge in [0.05, 0.1) is 30.5 Å². The Bertz CT molecular complexity index is 1740. The number of benzene rings is 3. The van der Waals surface area contributed by atoms with E-state index in [1.54, 1.807) is 49.6 Å². The minimum Gasteiger partial charge on any atom is -0.496 e. The molecule has 0 bridgehead atoms. The zero-order chi connectivity index (χ0) is 24.1. The molecule has 1 aliphatic heterocycles. The van der Waals surface area contributed by atoms with E-state index in [2.05, 4.69) is 10.1 Å². The van der Waals surface area contributed by atoms with Crippen LogP contribution in [0.1, 0.15) is 11.1 Å². The van der Waals surface area contributed by atoms with Gasteiger partial charge >= 0.3 is 0 Å². The molecule has 6 rings (SSSR count). The van der Waals surface area contributed by atoms with Gasteiger partial charge in [0.25, 0.3) is 11.5 Å². The number of carbonyl (C=O) groups is 1. The zero-order valence-corrected chi connectivity index (χ0v) is 19.3. The second kappa shape index (κ2) is 8.14. The number of thiazole rings is 1. The Balaban J connectivity index is 1.50. The first-order valence-corrected chi connectivity index (χ1v) is 11.6. The van der Waals surface area contributed by atoms with Crippen molar-refractivity contribution < 1.29 is 13.9 Å². The fraction of sp³-hybridized carbons (Fsp3) is 0.0769. The van der Waals surface area contributed by atoms with Crippen molar-refractivity contribution in [3.8, 4) is 17.1 Å². The summed E-state index contributed by atoms with van der Waals surface area (Å²) in [4.78, 5) is 33.3. The van der Waals surface area contributed by atoms with Crippen LogP contribution in [0.2, 0.25) is 0 Å². The van der Waals surface area contributed by atoms with Crippen LogP contribution < -0.4 is 19.7 Å². The van der Waals surface area contributed by atoms with E-state index in [1.165, 1.54) is 15.5 Å². The Hall–Kier alpha value is -4.37. The monoisotopic (exact) mass is 484 g/mol. The van der Waals surface area contributed by atoms with E-state index in [0.29, 0.717) is 38.9 Å². The molecule has 0 spiro atoms. The predicted molar refractivity (Wildman–Crippen MR) is 131 cm³/mol. The third-order valence-corrected chi connectivity index (χ3v) is 6.97. The van der Waals surface area contributed by atoms with Gasteiger partial charge < -0.3 is 9.64 Å². The zero-order valence-electron chi connectivity index (χ0n) is 18.4. The van der Waals surface area contributed by atoms with Gasteiger partial charge in [-0.2, -0.15) is 9.50 Å². The summed E-state index contributed by atoms with van der Waals surface area (Å²) >= 11 is 1.11. The van der Waals surface area contributed by atoms with Crippen molar-refractivity contribution in [3.05, 3.63) is 105 Å². The van der Waals surface area contributed by atoms with Gasteiger partial charge in [-0.05, 0) is 24.3 Å². The molecule has 0 saturated carbocycles. The Morgan fingerprint density at radius 2 is 1.66 bits per heavy atom. The van der Waals surface area contributed by atoms with Crippen LogP contribution in [0.4, 0.5) is 10.1 Å². The topological polar surface area (TPSA) is 76.8 Å². The van der Waals surface area contributed by atoms with Crippen LogP contribution >= 0.6 is 11.3 Å². The number of nitrogens with zero attached hydrogens (tertiary/aromatic N) is 4. The SMILES string of the molecule is COc1ccccc1-c1nc2s/c(=C3\C(=O)N(Cc4ccccc4F)c4ccccc43)c(=O)n2n1. The molecule has 0 fully saturated rings. The molecular formula is C26H17FN4O3S. The number of hydrogen-bond acceptors (Lipinski definition) is 6. The highest BCUT2D eigenvalue weighted by molar-refractivity contribution is 7.15. The summed E-state index contributed by atoms with van der Waals surface area (Å²) < 4.78 is 21.2. The minimum atomic E-state index is -0.426. The fourth-order valence-electron chi connectivity index (χ4n) is 4.28. The molecule has 1 aliphatic rings. The number of ether oxygens (including phenoxy) is 1. The summed E-state index contributed by atoms with van der Waals surface area (Å²) in [5.74, 6) is 0.206. The molecule has 0 N–H and O–H groups in total. The first-order valence-electron chi connectivity index (χ1n) is 10.8. The third-order valence-electron chi connectivity index (χ3n) is 5.94. The summed E-state index contributed by atoms with van der Waals surface area (Å²) in [6.07, 6.45) is 0. The van der Waals surface area contributed by atoms with Gasteiger partial charge in [0.2, 0.25) is 4.96 Å². The van der Waals surface area contributed by atoms with E-state index in [-0.39, 0.29) is 22.6 Å². The number of fused-ring (bicyclic) bond motifs is 2. The van der Waals surface area contributed by atoms with Gasteiger partial charge in [0.15, 0.2) is 5.82 Å². The first-order chi connectivity index (χ1) is 17.1. The molecule has 9 heteroatoms. The number of aromatic nitrogens is 3. The molecule has 0 radical (unpaired) electrons. The number of para-hydroxylation sites is 2. The predicted octanol–water partition coefficient (Wildman–Crippen LogP) is 3.43. The largest absolute Gasteiger partial charge is 0.496 e. The standard InChI is InChI=1S/C26H17FN4O3S/c1-34-20-13-7-4-10-17(20)23-28-26-31(29-23)25(33)22(35-26)21-16-9-3-6-12-19(16)30(24(21)32)14-15-8-2-5-11-18(15)27/h2-13H,14H2,1H3/b22-21-. The highest BCUT2D eigenvalue weighted by atomic mass is 32.1. The highest BCUT2D eigenvalue weighted by Crippen LogP contribution is 2.36. The van der Waals surface area contributed by atoms with Crippen LogP contribution in [0.3, 0.4) is 0 Å². The molecule has 35 heavy (non-hydrogen) atoms. The van der Waals surface area contributed by atoms with Crippen LogP contribution in [-0.4, -0.2) is 27.6 Å². The van der Waals surface area contributed by atoms with Crippen LogP contribution in [0.15, 0.2) is 77.6 Å². The van der Waals surface area contributed by atoms with Crippen molar-refractivity contribution in [1.29, 1.82) is 0 Å². The number of rotatable bonds is 4. The molecular weight excluding hydrogens is 467 g/mol. The summed E-state index contributed by atoms with van der Waals surface area (Å²) in [7, 11) is 1.56. The number of halogens is 1. The van der Waals surface area contributed by atoms with Crippen molar-refractivity contribution in [2.24, 2.45) is 0 Å². The Kier molecular flexibility index (Phi) is 4.93. The van der Waals surface area contributed by atoms with Gasteiger partial charge in [0.1, 0.15) is 16.1 Å². The summed E-state index contributed by atoms with van der Waals surface area (Å²) in [5.41, 5.74) is 2.16. The molecule has 172 valence electrons. The van der Waals surface area contributed by atoms with Crippen LogP contribution in [-0.2, 0) is 11.3 Å². The lowest BCUT2D eigenvalue weighted by atomic mass is 10.1. The summed E-state index contributed by atoms with van der Waals surface area (Å²) in [5, 5.41) is 4.40. The van der Waals surface area contributed by atoms with Crippen molar-refractivity contribution in [2.75, 3.05) is 12.0 Å². The molecule has 2 aromatic heterocycles. The summed E-state index contributed by atoms with van der Waals surface area (Å²) in [6.45, 7) is 0.0545. The molecule has 3 aromatic carbocycles. The van der Waals surface area contributed by atoms with Gasteiger partial charge in [-0.1, -0.05) is 59.9 Å². The maximum Gasteiger partial charge on any atom is 0.291 e. The average Bonchev–Trinajstić information content (AvgIpc) is 3.51. The highest BCUT2D eigenvalue weighted by Gasteiger charge is 2.34. The number of amides is 1. The molecule has 0 aliphatic carbocycles. The quantitative estimate of drug-likeness (QED) is 0.391. The minimum absolute atomic E-state index is 0.0545. The third kappa shape index (κ3) is 3.31. The van der Waals surface area contributed by atoms with Crippen molar-refractivity contribution >= 4 is 33.5 Å². The van der Waals surface area contributed by atoms with Crippen molar-refractivity contribution in [3.63, 3.8) is 0 Å².